The number of esters is 1. The average Bonchev–Trinajstić information content (AvgIpc) is 2.40. The molecule has 0 saturated carbocycles. The Hall–Kier alpha value is -2.50. The molecule has 98 valence electrons. The highest BCUT2D eigenvalue weighted by atomic mass is 19.1. The first-order valence-corrected chi connectivity index (χ1v) is 5.53. The number of carbonyl (C=O) groups excluding carboxylic acids is 1. The number of aryl methyl sites for hydroxylation is 1. The largest absolute Gasteiger partial charge is 0.456 e. The molecule has 0 bridgehead atoms. The van der Waals surface area contributed by atoms with Gasteiger partial charge in [-0.15, -0.1) is 0 Å². The van der Waals surface area contributed by atoms with Gasteiger partial charge in [0.25, 0.3) is 5.56 Å². The van der Waals surface area contributed by atoms with Crippen LogP contribution in [-0.2, 0) is 18.4 Å². The van der Waals surface area contributed by atoms with E-state index in [1.165, 1.54) is 31.3 Å². The summed E-state index contributed by atoms with van der Waals surface area (Å²) in [6.07, 6.45) is 0. The lowest BCUT2D eigenvalue weighted by Gasteiger charge is -2.05. The van der Waals surface area contributed by atoms with Gasteiger partial charge in [-0.3, -0.25) is 4.79 Å². The second-order valence-electron chi connectivity index (χ2n) is 3.85. The van der Waals surface area contributed by atoms with Crippen LogP contribution in [0.2, 0.25) is 0 Å². The van der Waals surface area contributed by atoms with Crippen LogP contribution in [0, 0.1) is 5.82 Å². The van der Waals surface area contributed by atoms with Gasteiger partial charge in [0.15, 0.2) is 5.69 Å². The fraction of sp³-hybridized carbons (Fsp3) is 0.154. The number of rotatable bonds is 3. The zero-order chi connectivity index (χ0) is 13.8. The first kappa shape index (κ1) is 12.9. The summed E-state index contributed by atoms with van der Waals surface area (Å²) in [7, 11) is 1.43. The summed E-state index contributed by atoms with van der Waals surface area (Å²) in [4.78, 5) is 22.8. The summed E-state index contributed by atoms with van der Waals surface area (Å²) >= 11 is 0. The van der Waals surface area contributed by atoms with Crippen LogP contribution in [0.3, 0.4) is 0 Å². The number of benzene rings is 1. The normalized spacial score (nSPS) is 10.2. The van der Waals surface area contributed by atoms with E-state index < -0.39 is 11.8 Å². The molecule has 0 saturated heterocycles. The van der Waals surface area contributed by atoms with E-state index in [0.717, 1.165) is 4.68 Å². The van der Waals surface area contributed by atoms with Crippen molar-refractivity contribution in [2.75, 3.05) is 0 Å². The lowest BCUT2D eigenvalue weighted by Crippen LogP contribution is -2.21. The first-order valence-electron chi connectivity index (χ1n) is 5.53. The molecule has 0 aliphatic rings. The molecule has 5 nitrogen and oxygen atoms in total. The van der Waals surface area contributed by atoms with Gasteiger partial charge in [0.1, 0.15) is 12.4 Å². The van der Waals surface area contributed by atoms with Gasteiger partial charge in [-0.1, -0.05) is 18.2 Å². The van der Waals surface area contributed by atoms with Crippen molar-refractivity contribution in [2.24, 2.45) is 7.05 Å². The van der Waals surface area contributed by atoms with Crippen molar-refractivity contribution < 1.29 is 13.9 Å². The van der Waals surface area contributed by atoms with Crippen LogP contribution in [0.25, 0.3) is 0 Å². The van der Waals surface area contributed by atoms with E-state index >= 15 is 0 Å². The Morgan fingerprint density at radius 2 is 2.05 bits per heavy atom. The van der Waals surface area contributed by atoms with Crippen molar-refractivity contribution in [2.45, 2.75) is 6.61 Å². The van der Waals surface area contributed by atoms with Crippen LogP contribution in [0.5, 0.6) is 0 Å². The highest BCUT2D eigenvalue weighted by molar-refractivity contribution is 5.86. The Morgan fingerprint density at radius 1 is 1.32 bits per heavy atom. The third-order valence-corrected chi connectivity index (χ3v) is 2.49. The highest BCUT2D eigenvalue weighted by Crippen LogP contribution is 2.08. The summed E-state index contributed by atoms with van der Waals surface area (Å²) in [6, 6.07) is 8.50. The third kappa shape index (κ3) is 3.04. The Kier molecular flexibility index (Phi) is 3.70. The molecule has 2 rings (SSSR count). The van der Waals surface area contributed by atoms with Crippen LogP contribution >= 0.6 is 0 Å². The maximum absolute atomic E-state index is 13.3. The molecule has 0 atom stereocenters. The number of hydrogen-bond donors (Lipinski definition) is 0. The van der Waals surface area contributed by atoms with Gasteiger partial charge >= 0.3 is 5.97 Å². The van der Waals surface area contributed by atoms with E-state index in [1.54, 1.807) is 12.1 Å². The van der Waals surface area contributed by atoms with E-state index in [2.05, 4.69) is 5.10 Å². The minimum atomic E-state index is -0.709. The predicted molar refractivity (Wildman–Crippen MR) is 65.0 cm³/mol. The fourth-order valence-corrected chi connectivity index (χ4v) is 1.44. The standard InChI is InChI=1S/C13H11FN2O3/c1-16-12(17)7-6-11(15-16)13(18)19-8-9-4-2-3-5-10(9)14/h2-7H,8H2,1H3. The second-order valence-corrected chi connectivity index (χ2v) is 3.85. The van der Waals surface area contributed by atoms with Gasteiger partial charge in [0.2, 0.25) is 0 Å². The molecule has 0 spiro atoms. The molecule has 19 heavy (non-hydrogen) atoms. The number of ether oxygens (including phenoxy) is 1. The van der Waals surface area contributed by atoms with E-state index in [1.807, 2.05) is 0 Å². The molecule has 0 unspecified atom stereocenters. The minimum absolute atomic E-state index is 0.00145. The monoisotopic (exact) mass is 262 g/mol. The van der Waals surface area contributed by atoms with Gasteiger partial charge in [-0.25, -0.2) is 13.9 Å². The highest BCUT2D eigenvalue weighted by Gasteiger charge is 2.11. The van der Waals surface area contributed by atoms with Gasteiger partial charge < -0.3 is 4.74 Å². The third-order valence-electron chi connectivity index (χ3n) is 2.49. The van der Waals surface area contributed by atoms with Crippen molar-refractivity contribution in [3.05, 3.63) is 63.8 Å². The quantitative estimate of drug-likeness (QED) is 0.782. The zero-order valence-electron chi connectivity index (χ0n) is 10.2. The van der Waals surface area contributed by atoms with Crippen LogP contribution in [0.15, 0.2) is 41.2 Å². The molecule has 6 heteroatoms. The lowest BCUT2D eigenvalue weighted by atomic mass is 10.2. The summed E-state index contributed by atoms with van der Waals surface area (Å²) in [5.74, 6) is -1.15. The Balaban J connectivity index is 2.08. The van der Waals surface area contributed by atoms with Gasteiger partial charge in [-0.05, 0) is 12.1 Å². The van der Waals surface area contributed by atoms with Crippen molar-refractivity contribution in [3.8, 4) is 0 Å². The molecule has 0 fully saturated rings. The fourth-order valence-electron chi connectivity index (χ4n) is 1.44. The van der Waals surface area contributed by atoms with Gasteiger partial charge in [-0.2, -0.15) is 5.10 Å². The Morgan fingerprint density at radius 3 is 2.74 bits per heavy atom. The summed E-state index contributed by atoms with van der Waals surface area (Å²) in [5, 5.41) is 3.74. The van der Waals surface area contributed by atoms with Crippen molar-refractivity contribution in [3.63, 3.8) is 0 Å². The molecule has 0 radical (unpaired) electrons. The zero-order valence-corrected chi connectivity index (χ0v) is 10.2. The number of halogens is 1. The number of hydrogen-bond acceptors (Lipinski definition) is 4. The van der Waals surface area contributed by atoms with Gasteiger partial charge in [0, 0.05) is 18.7 Å². The first-order chi connectivity index (χ1) is 9.08. The van der Waals surface area contributed by atoms with Crippen LogP contribution in [-0.4, -0.2) is 15.7 Å². The van der Waals surface area contributed by atoms with Crippen molar-refractivity contribution >= 4 is 5.97 Å². The topological polar surface area (TPSA) is 61.2 Å². The number of carbonyl (C=O) groups is 1. The smallest absolute Gasteiger partial charge is 0.359 e. The summed E-state index contributed by atoms with van der Waals surface area (Å²) < 4.78 is 19.3. The lowest BCUT2D eigenvalue weighted by molar-refractivity contribution is 0.0459. The minimum Gasteiger partial charge on any atom is -0.456 e. The predicted octanol–water partition coefficient (Wildman–Crippen LogP) is 1.28. The Labute approximate surface area is 108 Å². The molecule has 1 heterocycles. The molecule has 0 amide bonds. The van der Waals surface area contributed by atoms with Crippen LogP contribution in [0.1, 0.15) is 16.1 Å². The molecule has 0 N–H and O–H groups in total. The van der Waals surface area contributed by atoms with Gasteiger partial charge in [0.05, 0.1) is 0 Å². The van der Waals surface area contributed by atoms with E-state index in [4.69, 9.17) is 4.74 Å². The molecule has 0 aliphatic carbocycles. The van der Waals surface area contributed by atoms with Crippen LogP contribution in [0.4, 0.5) is 4.39 Å². The average molecular weight is 262 g/mol. The number of nitrogens with zero attached hydrogens (tertiary/aromatic N) is 2. The van der Waals surface area contributed by atoms with Crippen molar-refractivity contribution in [1.29, 1.82) is 0 Å². The summed E-state index contributed by atoms with van der Waals surface area (Å²) in [6.45, 7) is -0.184. The molecule has 2 aromatic rings. The maximum Gasteiger partial charge on any atom is 0.359 e. The molecule has 1 aromatic heterocycles. The molecule has 0 aliphatic heterocycles. The molecule has 1 aromatic carbocycles. The summed E-state index contributed by atoms with van der Waals surface area (Å²) in [5.41, 5.74) is -0.0511. The Bertz CT molecular complexity index is 667. The van der Waals surface area contributed by atoms with E-state index in [-0.39, 0.29) is 23.4 Å². The van der Waals surface area contributed by atoms with E-state index in [9.17, 15) is 14.0 Å². The van der Waals surface area contributed by atoms with Crippen LogP contribution < -0.4 is 5.56 Å². The maximum atomic E-state index is 13.3. The molecular formula is C13H11FN2O3. The SMILES string of the molecule is Cn1nc(C(=O)OCc2ccccc2F)ccc1=O. The van der Waals surface area contributed by atoms with Crippen molar-refractivity contribution in [1.82, 2.24) is 9.78 Å². The van der Waals surface area contributed by atoms with E-state index in [0.29, 0.717) is 0 Å². The molecular weight excluding hydrogens is 251 g/mol. The second kappa shape index (κ2) is 5.43. The number of aromatic nitrogens is 2.